The summed E-state index contributed by atoms with van der Waals surface area (Å²) in [5.41, 5.74) is 0.623. The van der Waals surface area contributed by atoms with Crippen molar-refractivity contribution in [1.82, 2.24) is 4.98 Å². The highest BCUT2D eigenvalue weighted by Gasteiger charge is 2.11. The number of carboxylic acids is 1. The Kier molecular flexibility index (Phi) is 3.90. The predicted octanol–water partition coefficient (Wildman–Crippen LogP) is 1.46. The third-order valence-electron chi connectivity index (χ3n) is 1.30. The van der Waals surface area contributed by atoms with E-state index in [-0.39, 0.29) is 11.5 Å². The summed E-state index contributed by atoms with van der Waals surface area (Å²) in [6.07, 6.45) is 0. The van der Waals surface area contributed by atoms with Crippen molar-refractivity contribution in [2.45, 2.75) is 11.3 Å². The minimum absolute atomic E-state index is 0.110. The van der Waals surface area contributed by atoms with Gasteiger partial charge in [0.2, 0.25) is 0 Å². The number of hydrogen-bond donors (Lipinski definition) is 2. The molecule has 1 aromatic heterocycles. The van der Waals surface area contributed by atoms with Gasteiger partial charge in [0.25, 0.3) is 0 Å². The molecule has 1 aromatic rings. The molecule has 14 heavy (non-hydrogen) atoms. The van der Waals surface area contributed by atoms with E-state index in [4.69, 9.17) is 10.3 Å². The van der Waals surface area contributed by atoms with E-state index >= 15 is 0 Å². The van der Waals surface area contributed by atoms with Gasteiger partial charge in [-0.3, -0.25) is 0 Å². The SMILES string of the molecule is Cc1csc(SCC(=NO)C(=O)O)n1. The summed E-state index contributed by atoms with van der Waals surface area (Å²) >= 11 is 2.67. The zero-order valence-electron chi connectivity index (χ0n) is 7.30. The molecule has 5 nitrogen and oxygen atoms in total. The molecule has 0 aliphatic carbocycles. The Morgan fingerprint density at radius 3 is 2.93 bits per heavy atom. The number of rotatable bonds is 4. The topological polar surface area (TPSA) is 82.8 Å². The van der Waals surface area contributed by atoms with Crippen molar-refractivity contribution in [2.75, 3.05) is 5.75 Å². The lowest BCUT2D eigenvalue weighted by molar-refractivity contribution is -0.129. The smallest absolute Gasteiger partial charge is 0.354 e. The molecular formula is C7H8N2O3S2. The average molecular weight is 232 g/mol. The molecule has 0 aliphatic rings. The second-order valence-electron chi connectivity index (χ2n) is 2.40. The Morgan fingerprint density at radius 2 is 2.50 bits per heavy atom. The largest absolute Gasteiger partial charge is 0.477 e. The van der Waals surface area contributed by atoms with Gasteiger partial charge in [0.05, 0.1) is 5.75 Å². The highest BCUT2D eigenvalue weighted by Crippen LogP contribution is 2.22. The van der Waals surface area contributed by atoms with Gasteiger partial charge >= 0.3 is 5.97 Å². The van der Waals surface area contributed by atoms with Crippen molar-refractivity contribution in [1.29, 1.82) is 0 Å². The number of carboxylic acid groups (broad SMARTS) is 1. The van der Waals surface area contributed by atoms with Gasteiger partial charge in [0, 0.05) is 11.1 Å². The summed E-state index contributed by atoms with van der Waals surface area (Å²) in [6, 6.07) is 0. The first-order valence-corrected chi connectivity index (χ1v) is 5.49. The quantitative estimate of drug-likeness (QED) is 0.355. The monoisotopic (exact) mass is 232 g/mol. The lowest BCUT2D eigenvalue weighted by Crippen LogP contribution is -2.15. The molecule has 7 heteroatoms. The van der Waals surface area contributed by atoms with Crippen LogP contribution in [0.25, 0.3) is 0 Å². The van der Waals surface area contributed by atoms with Crippen molar-refractivity contribution >= 4 is 34.8 Å². The summed E-state index contributed by atoms with van der Waals surface area (Å²) in [5.74, 6) is -1.10. The van der Waals surface area contributed by atoms with Crippen LogP contribution in [0.2, 0.25) is 0 Å². The highest BCUT2D eigenvalue weighted by atomic mass is 32.2. The number of oxime groups is 1. The van der Waals surface area contributed by atoms with Crippen LogP contribution in [0.3, 0.4) is 0 Å². The van der Waals surface area contributed by atoms with Crippen LogP contribution in [-0.2, 0) is 4.79 Å². The Balaban J connectivity index is 2.52. The van der Waals surface area contributed by atoms with Gasteiger partial charge in [-0.05, 0) is 6.92 Å². The second kappa shape index (κ2) is 4.97. The lowest BCUT2D eigenvalue weighted by Gasteiger charge is -1.95. The fourth-order valence-electron chi connectivity index (χ4n) is 0.662. The summed E-state index contributed by atoms with van der Waals surface area (Å²) in [7, 11) is 0. The number of nitrogens with zero attached hydrogens (tertiary/aromatic N) is 2. The molecule has 0 fully saturated rings. The van der Waals surface area contributed by atoms with Gasteiger partial charge in [-0.15, -0.1) is 11.3 Å². The van der Waals surface area contributed by atoms with E-state index < -0.39 is 5.97 Å². The minimum Gasteiger partial charge on any atom is -0.477 e. The van der Waals surface area contributed by atoms with Crippen molar-refractivity contribution in [3.05, 3.63) is 11.1 Å². The van der Waals surface area contributed by atoms with Crippen molar-refractivity contribution in [2.24, 2.45) is 5.16 Å². The summed E-state index contributed by atoms with van der Waals surface area (Å²) < 4.78 is 0.768. The molecule has 2 N–H and O–H groups in total. The molecule has 76 valence electrons. The number of carbonyl (C=O) groups is 1. The predicted molar refractivity (Wildman–Crippen MR) is 54.4 cm³/mol. The van der Waals surface area contributed by atoms with Crippen molar-refractivity contribution in [3.63, 3.8) is 0 Å². The van der Waals surface area contributed by atoms with E-state index in [2.05, 4.69) is 10.1 Å². The van der Waals surface area contributed by atoms with Gasteiger partial charge in [0.15, 0.2) is 5.71 Å². The normalized spacial score (nSPS) is 11.6. The fraction of sp³-hybridized carbons (Fsp3) is 0.286. The number of thioether (sulfide) groups is 1. The first-order valence-electron chi connectivity index (χ1n) is 3.62. The Bertz CT molecular complexity index is 362. The molecule has 0 aliphatic heterocycles. The number of thiazole rings is 1. The maximum Gasteiger partial charge on any atom is 0.354 e. The molecule has 0 spiro atoms. The fourth-order valence-corrected chi connectivity index (χ4v) is 2.43. The number of aryl methyl sites for hydroxylation is 1. The third kappa shape index (κ3) is 3.00. The molecule has 0 radical (unpaired) electrons. The van der Waals surface area contributed by atoms with Gasteiger partial charge in [0.1, 0.15) is 4.34 Å². The lowest BCUT2D eigenvalue weighted by atomic mass is 10.4. The van der Waals surface area contributed by atoms with Crippen LogP contribution in [0.15, 0.2) is 14.9 Å². The van der Waals surface area contributed by atoms with E-state index in [0.717, 1.165) is 10.0 Å². The molecule has 0 saturated heterocycles. The number of aromatic nitrogens is 1. The first kappa shape index (κ1) is 11.0. The standard InChI is InChI=1S/C7H8N2O3S2/c1-4-2-13-7(8-4)14-3-5(9-12)6(10)11/h2,12H,3H2,1H3,(H,10,11). The van der Waals surface area contributed by atoms with Crippen LogP contribution in [0.5, 0.6) is 0 Å². The van der Waals surface area contributed by atoms with Crippen LogP contribution in [0.4, 0.5) is 0 Å². The van der Waals surface area contributed by atoms with Crippen molar-refractivity contribution in [3.8, 4) is 0 Å². The molecule has 0 atom stereocenters. The Hall–Kier alpha value is -1.08. The number of aliphatic carboxylic acids is 1. The van der Waals surface area contributed by atoms with Gasteiger partial charge in [-0.25, -0.2) is 9.78 Å². The molecule has 1 heterocycles. The highest BCUT2D eigenvalue weighted by molar-refractivity contribution is 8.01. The van der Waals surface area contributed by atoms with Gasteiger partial charge < -0.3 is 10.3 Å². The molecule has 0 saturated carbocycles. The van der Waals surface area contributed by atoms with Gasteiger partial charge in [-0.1, -0.05) is 16.9 Å². The molecule has 0 aromatic carbocycles. The molecule has 0 bridgehead atoms. The van der Waals surface area contributed by atoms with E-state index in [1.807, 2.05) is 12.3 Å². The third-order valence-corrected chi connectivity index (χ3v) is 3.45. The molecule has 0 amide bonds. The summed E-state index contributed by atoms with van der Waals surface area (Å²) in [6.45, 7) is 1.86. The molecular weight excluding hydrogens is 224 g/mol. The maximum atomic E-state index is 10.4. The molecule has 1 rings (SSSR count). The van der Waals surface area contributed by atoms with Crippen LogP contribution in [0.1, 0.15) is 5.69 Å². The maximum absolute atomic E-state index is 10.4. The average Bonchev–Trinajstić information content (AvgIpc) is 2.52. The second-order valence-corrected chi connectivity index (χ2v) is 4.48. The van der Waals surface area contributed by atoms with Crippen LogP contribution in [0, 0.1) is 6.92 Å². The van der Waals surface area contributed by atoms with Gasteiger partial charge in [-0.2, -0.15) is 0 Å². The summed E-state index contributed by atoms with van der Waals surface area (Å²) in [4.78, 5) is 14.6. The summed E-state index contributed by atoms with van der Waals surface area (Å²) in [5, 5.41) is 21.4. The van der Waals surface area contributed by atoms with E-state index in [0.29, 0.717) is 0 Å². The van der Waals surface area contributed by atoms with Crippen molar-refractivity contribution < 1.29 is 15.1 Å². The van der Waals surface area contributed by atoms with Crippen LogP contribution in [-0.4, -0.2) is 32.7 Å². The first-order chi connectivity index (χ1) is 6.63. The minimum atomic E-state index is -1.21. The zero-order chi connectivity index (χ0) is 10.6. The van der Waals surface area contributed by atoms with E-state index in [1.165, 1.54) is 23.1 Å². The number of hydrogen-bond acceptors (Lipinski definition) is 6. The molecule has 0 unspecified atom stereocenters. The van der Waals surface area contributed by atoms with E-state index in [9.17, 15) is 4.79 Å². The Morgan fingerprint density at radius 1 is 1.79 bits per heavy atom. The Labute approximate surface area is 88.5 Å². The van der Waals surface area contributed by atoms with Crippen LogP contribution < -0.4 is 0 Å². The van der Waals surface area contributed by atoms with E-state index in [1.54, 1.807) is 0 Å². The zero-order valence-corrected chi connectivity index (χ0v) is 8.93. The van der Waals surface area contributed by atoms with Crippen LogP contribution >= 0.6 is 23.1 Å².